The average molecular weight is 416 g/mol. The number of aryl methyl sites for hydroxylation is 1. The van der Waals surface area contributed by atoms with Gasteiger partial charge in [-0.25, -0.2) is 22.8 Å². The summed E-state index contributed by atoms with van der Waals surface area (Å²) in [5.41, 5.74) is 3.74. The fourth-order valence-electron chi connectivity index (χ4n) is 3.09. The van der Waals surface area contributed by atoms with Gasteiger partial charge in [0.2, 0.25) is 0 Å². The van der Waals surface area contributed by atoms with Crippen molar-refractivity contribution in [3.63, 3.8) is 0 Å². The number of nitrogens with one attached hydrogen (secondary N) is 1. The Balaban J connectivity index is 1.81. The van der Waals surface area contributed by atoms with Crippen LogP contribution in [0.1, 0.15) is 5.56 Å². The number of sulfone groups is 1. The quantitative estimate of drug-likeness (QED) is 0.521. The molecule has 4 aromatic rings. The minimum atomic E-state index is -3.37. The lowest BCUT2D eigenvalue weighted by molar-refractivity contribution is 0.598. The number of nitrogens with zero attached hydrogens (tertiary/aromatic N) is 2. The largest absolute Gasteiger partial charge is 0.339 e. The molecule has 0 unspecified atom stereocenters. The van der Waals surface area contributed by atoms with Crippen LogP contribution in [0.4, 0.5) is 4.39 Å². The van der Waals surface area contributed by atoms with Crippen molar-refractivity contribution in [2.75, 3.05) is 6.26 Å². The second-order valence-corrected chi connectivity index (χ2v) is 8.92. The molecule has 142 valence electrons. The highest BCUT2D eigenvalue weighted by atomic mass is 35.5. The van der Waals surface area contributed by atoms with Crippen LogP contribution in [0, 0.1) is 12.7 Å². The molecule has 0 radical (unpaired) electrons. The first-order chi connectivity index (χ1) is 13.2. The van der Waals surface area contributed by atoms with Crippen molar-refractivity contribution >= 4 is 32.5 Å². The van der Waals surface area contributed by atoms with Gasteiger partial charge < -0.3 is 4.98 Å². The van der Waals surface area contributed by atoms with E-state index in [2.05, 4.69) is 15.0 Å². The zero-order valence-electron chi connectivity index (χ0n) is 15.0. The Kier molecular flexibility index (Phi) is 4.44. The van der Waals surface area contributed by atoms with Gasteiger partial charge in [-0.2, -0.15) is 0 Å². The third-order valence-corrected chi connectivity index (χ3v) is 5.78. The summed E-state index contributed by atoms with van der Waals surface area (Å²) in [4.78, 5) is 11.5. The number of H-pyrrole nitrogens is 1. The molecule has 28 heavy (non-hydrogen) atoms. The van der Waals surface area contributed by atoms with Gasteiger partial charge in [-0.3, -0.25) is 0 Å². The number of hydrogen-bond acceptors (Lipinski definition) is 4. The molecule has 0 atom stereocenters. The molecule has 0 saturated carbocycles. The van der Waals surface area contributed by atoms with Crippen molar-refractivity contribution in [1.82, 2.24) is 15.0 Å². The summed E-state index contributed by atoms with van der Waals surface area (Å²) in [6, 6.07) is 9.74. The minimum Gasteiger partial charge on any atom is -0.339 e. The Morgan fingerprint density at radius 1 is 1.11 bits per heavy atom. The Bertz CT molecular complexity index is 1310. The molecule has 3 aromatic heterocycles. The summed E-state index contributed by atoms with van der Waals surface area (Å²) in [6.45, 7) is 1.82. The fourth-order valence-corrected chi connectivity index (χ4v) is 3.99. The van der Waals surface area contributed by atoms with Crippen molar-refractivity contribution in [2.45, 2.75) is 11.9 Å². The van der Waals surface area contributed by atoms with Crippen molar-refractivity contribution < 1.29 is 12.8 Å². The number of hydrogen-bond donors (Lipinski definition) is 1. The van der Waals surface area contributed by atoms with Gasteiger partial charge in [-0.05, 0) is 42.8 Å². The third kappa shape index (κ3) is 3.27. The lowest BCUT2D eigenvalue weighted by atomic mass is 10.0. The Morgan fingerprint density at radius 2 is 1.89 bits per heavy atom. The SMILES string of the molecule is Cc1cc(S(C)(=O)=O)ncc1-c1cnc2[nH]c(-c3c(F)cccc3Cl)cc2c1. The number of pyridine rings is 2. The number of halogens is 2. The minimum absolute atomic E-state index is 0.0286. The molecule has 0 aliphatic carbocycles. The number of fused-ring (bicyclic) bond motifs is 1. The summed E-state index contributed by atoms with van der Waals surface area (Å²) in [5, 5.41) is 1.11. The molecule has 8 heteroatoms. The van der Waals surface area contributed by atoms with E-state index in [0.29, 0.717) is 21.9 Å². The van der Waals surface area contributed by atoms with E-state index in [9.17, 15) is 12.8 Å². The Hall–Kier alpha value is -2.77. The smallest absolute Gasteiger partial charge is 0.192 e. The molecule has 0 bridgehead atoms. The molecule has 0 spiro atoms. The van der Waals surface area contributed by atoms with Crippen LogP contribution in [0.5, 0.6) is 0 Å². The van der Waals surface area contributed by atoms with Crippen LogP contribution in [0.15, 0.2) is 53.8 Å². The fraction of sp³-hybridized carbons (Fsp3) is 0.100. The van der Waals surface area contributed by atoms with Crippen LogP contribution < -0.4 is 0 Å². The number of aromatic amines is 1. The summed E-state index contributed by atoms with van der Waals surface area (Å²) in [6.07, 6.45) is 4.31. The lowest BCUT2D eigenvalue weighted by Crippen LogP contribution is -2.01. The second-order valence-electron chi connectivity index (χ2n) is 6.55. The normalized spacial score (nSPS) is 11.9. The highest BCUT2D eigenvalue weighted by Crippen LogP contribution is 2.33. The Labute approximate surface area is 166 Å². The van der Waals surface area contributed by atoms with Crippen LogP contribution in [0.3, 0.4) is 0 Å². The maximum atomic E-state index is 14.2. The average Bonchev–Trinajstić information content (AvgIpc) is 3.03. The van der Waals surface area contributed by atoms with E-state index in [1.807, 2.05) is 13.0 Å². The van der Waals surface area contributed by atoms with Gasteiger partial charge in [0, 0.05) is 35.2 Å². The van der Waals surface area contributed by atoms with Gasteiger partial charge in [0.1, 0.15) is 11.5 Å². The molecule has 1 aromatic carbocycles. The van der Waals surface area contributed by atoms with E-state index in [-0.39, 0.29) is 5.03 Å². The molecule has 0 aliphatic heterocycles. The maximum absolute atomic E-state index is 14.2. The van der Waals surface area contributed by atoms with Crippen LogP contribution in [-0.4, -0.2) is 29.6 Å². The van der Waals surface area contributed by atoms with Gasteiger partial charge in [-0.1, -0.05) is 17.7 Å². The van der Waals surface area contributed by atoms with Crippen LogP contribution in [0.25, 0.3) is 33.4 Å². The van der Waals surface area contributed by atoms with Crippen molar-refractivity contribution in [3.8, 4) is 22.4 Å². The summed E-state index contributed by atoms with van der Waals surface area (Å²) in [5.74, 6) is -0.421. The standard InChI is InChI=1S/C20H15ClFN3O2S/c1-11-6-18(28(2,26)27)23-10-14(11)13-7-12-8-17(25-20(12)24-9-13)19-15(21)4-3-5-16(19)22/h3-10H,1-2H3,(H,24,25). The number of benzene rings is 1. The molecule has 0 amide bonds. The van der Waals surface area contributed by atoms with Crippen molar-refractivity contribution in [2.24, 2.45) is 0 Å². The van der Waals surface area contributed by atoms with Crippen LogP contribution >= 0.6 is 11.6 Å². The molecule has 0 fully saturated rings. The first kappa shape index (κ1) is 18.6. The second kappa shape index (κ2) is 6.68. The predicted octanol–water partition coefficient (Wildman–Crippen LogP) is 4.80. The van der Waals surface area contributed by atoms with E-state index in [4.69, 9.17) is 11.6 Å². The van der Waals surface area contributed by atoms with Gasteiger partial charge >= 0.3 is 0 Å². The molecule has 4 rings (SSSR count). The van der Waals surface area contributed by atoms with Gasteiger partial charge in [-0.15, -0.1) is 0 Å². The maximum Gasteiger partial charge on any atom is 0.192 e. The van der Waals surface area contributed by atoms with Crippen LogP contribution in [-0.2, 0) is 9.84 Å². The van der Waals surface area contributed by atoms with Gasteiger partial charge in [0.25, 0.3) is 0 Å². The topological polar surface area (TPSA) is 75.7 Å². The lowest BCUT2D eigenvalue weighted by Gasteiger charge is -2.07. The predicted molar refractivity (Wildman–Crippen MR) is 108 cm³/mol. The van der Waals surface area contributed by atoms with E-state index in [1.165, 1.54) is 18.3 Å². The third-order valence-electron chi connectivity index (χ3n) is 4.48. The summed E-state index contributed by atoms with van der Waals surface area (Å²) < 4.78 is 37.6. The van der Waals surface area contributed by atoms with E-state index >= 15 is 0 Å². The first-order valence-corrected chi connectivity index (χ1v) is 10.6. The first-order valence-electron chi connectivity index (χ1n) is 8.34. The molecule has 3 heterocycles. The Morgan fingerprint density at radius 3 is 2.57 bits per heavy atom. The zero-order valence-corrected chi connectivity index (χ0v) is 16.6. The van der Waals surface area contributed by atoms with E-state index in [0.717, 1.165) is 28.3 Å². The van der Waals surface area contributed by atoms with E-state index in [1.54, 1.807) is 24.4 Å². The molecule has 0 aliphatic rings. The summed E-state index contributed by atoms with van der Waals surface area (Å²) >= 11 is 6.15. The van der Waals surface area contributed by atoms with Gasteiger partial charge in [0.05, 0.1) is 16.3 Å². The number of aromatic nitrogens is 3. The highest BCUT2D eigenvalue weighted by molar-refractivity contribution is 7.90. The summed E-state index contributed by atoms with van der Waals surface area (Å²) in [7, 11) is -3.37. The molecule has 5 nitrogen and oxygen atoms in total. The van der Waals surface area contributed by atoms with E-state index < -0.39 is 15.7 Å². The van der Waals surface area contributed by atoms with Crippen molar-refractivity contribution in [3.05, 3.63) is 65.2 Å². The van der Waals surface area contributed by atoms with Gasteiger partial charge in [0.15, 0.2) is 14.9 Å². The molecular formula is C20H15ClFN3O2S. The number of rotatable bonds is 3. The molecule has 1 N–H and O–H groups in total. The molecular weight excluding hydrogens is 401 g/mol. The molecule has 0 saturated heterocycles. The highest BCUT2D eigenvalue weighted by Gasteiger charge is 2.15. The van der Waals surface area contributed by atoms with Crippen LogP contribution in [0.2, 0.25) is 5.02 Å². The zero-order chi connectivity index (χ0) is 20.1. The van der Waals surface area contributed by atoms with Crippen molar-refractivity contribution in [1.29, 1.82) is 0 Å². The monoisotopic (exact) mass is 415 g/mol.